The van der Waals surface area contributed by atoms with E-state index in [2.05, 4.69) is 0 Å². The highest BCUT2D eigenvalue weighted by molar-refractivity contribution is 5.60. The monoisotopic (exact) mass is 222 g/mol. The molecule has 1 heterocycles. The highest BCUT2D eigenvalue weighted by atomic mass is 16.8. The van der Waals surface area contributed by atoms with Crippen LogP contribution in [0.25, 0.3) is 0 Å². The van der Waals surface area contributed by atoms with E-state index in [0.717, 1.165) is 17.7 Å². The molecule has 0 aliphatic carbocycles. The van der Waals surface area contributed by atoms with Crippen LogP contribution < -0.4 is 4.74 Å². The van der Waals surface area contributed by atoms with Crippen LogP contribution in [-0.4, -0.2) is 19.1 Å². The van der Waals surface area contributed by atoms with Crippen molar-refractivity contribution < 1.29 is 19.0 Å². The van der Waals surface area contributed by atoms with Crippen LogP contribution in [0, 0.1) is 0 Å². The first-order chi connectivity index (χ1) is 7.79. The van der Waals surface area contributed by atoms with Crippen molar-refractivity contribution in [3.8, 4) is 5.75 Å². The molecule has 2 rings (SSSR count). The summed E-state index contributed by atoms with van der Waals surface area (Å²) >= 11 is 0. The van der Waals surface area contributed by atoms with Crippen molar-refractivity contribution in [1.82, 2.24) is 0 Å². The Bertz CT molecular complexity index is 375. The molecule has 1 atom stereocenters. The molecule has 16 heavy (non-hydrogen) atoms. The van der Waals surface area contributed by atoms with Crippen molar-refractivity contribution >= 4 is 6.16 Å². The SMILES string of the molecule is CCOC(=O)O[C@@H]1CCc2ccccc2O1. The molecule has 1 aliphatic rings. The number of benzene rings is 1. The molecule has 4 nitrogen and oxygen atoms in total. The first-order valence-corrected chi connectivity index (χ1v) is 5.37. The molecular formula is C12H14O4. The summed E-state index contributed by atoms with van der Waals surface area (Å²) in [7, 11) is 0. The van der Waals surface area contributed by atoms with Crippen LogP contribution in [0.5, 0.6) is 5.75 Å². The number of rotatable bonds is 2. The smallest absolute Gasteiger partial charge is 0.454 e. The predicted octanol–water partition coefficient (Wildman–Crippen LogP) is 2.51. The number of fused-ring (bicyclic) bond motifs is 1. The lowest BCUT2D eigenvalue weighted by Crippen LogP contribution is -2.28. The van der Waals surface area contributed by atoms with Crippen LogP contribution in [0.3, 0.4) is 0 Å². The average molecular weight is 222 g/mol. The fourth-order valence-corrected chi connectivity index (χ4v) is 1.64. The van der Waals surface area contributed by atoms with Gasteiger partial charge in [0.05, 0.1) is 6.61 Å². The van der Waals surface area contributed by atoms with Crippen molar-refractivity contribution in [3.05, 3.63) is 29.8 Å². The second-order valence-electron chi connectivity index (χ2n) is 3.49. The summed E-state index contributed by atoms with van der Waals surface area (Å²) < 4.78 is 15.2. The van der Waals surface area contributed by atoms with Gasteiger partial charge in [0.2, 0.25) is 6.29 Å². The van der Waals surface area contributed by atoms with Crippen LogP contribution in [0.2, 0.25) is 0 Å². The lowest BCUT2D eigenvalue weighted by atomic mass is 10.1. The van der Waals surface area contributed by atoms with Crippen molar-refractivity contribution in [2.75, 3.05) is 6.61 Å². The maximum absolute atomic E-state index is 11.1. The third-order valence-electron chi connectivity index (χ3n) is 2.37. The molecule has 1 aromatic carbocycles. The predicted molar refractivity (Wildman–Crippen MR) is 57.3 cm³/mol. The van der Waals surface area contributed by atoms with Crippen molar-refractivity contribution in [1.29, 1.82) is 0 Å². The summed E-state index contributed by atoms with van der Waals surface area (Å²) in [4.78, 5) is 11.1. The summed E-state index contributed by atoms with van der Waals surface area (Å²) in [6.45, 7) is 2.04. The van der Waals surface area contributed by atoms with Gasteiger partial charge in [0, 0.05) is 6.42 Å². The van der Waals surface area contributed by atoms with Crippen LogP contribution >= 0.6 is 0 Å². The third kappa shape index (κ3) is 2.45. The minimum Gasteiger partial charge on any atom is -0.454 e. The van der Waals surface area contributed by atoms with E-state index < -0.39 is 12.4 Å². The van der Waals surface area contributed by atoms with Gasteiger partial charge in [-0.25, -0.2) is 4.79 Å². The highest BCUT2D eigenvalue weighted by Crippen LogP contribution is 2.27. The summed E-state index contributed by atoms with van der Waals surface area (Å²) in [5, 5.41) is 0. The summed E-state index contributed by atoms with van der Waals surface area (Å²) in [5.41, 5.74) is 1.14. The Kier molecular flexibility index (Phi) is 3.29. The Morgan fingerprint density at radius 3 is 3.12 bits per heavy atom. The van der Waals surface area contributed by atoms with E-state index >= 15 is 0 Å². The molecule has 0 N–H and O–H groups in total. The van der Waals surface area contributed by atoms with Gasteiger partial charge in [-0.2, -0.15) is 0 Å². The normalized spacial score (nSPS) is 18.2. The number of ether oxygens (including phenoxy) is 3. The second kappa shape index (κ2) is 4.88. The van der Waals surface area contributed by atoms with Gasteiger partial charge >= 0.3 is 6.16 Å². The van der Waals surface area contributed by atoms with E-state index in [1.54, 1.807) is 6.92 Å². The molecule has 0 aromatic heterocycles. The third-order valence-corrected chi connectivity index (χ3v) is 2.37. The van der Waals surface area contributed by atoms with Crippen LogP contribution in [-0.2, 0) is 15.9 Å². The van der Waals surface area contributed by atoms with Gasteiger partial charge in [0.25, 0.3) is 0 Å². The number of carbonyl (C=O) groups is 1. The molecule has 1 aliphatic heterocycles. The van der Waals surface area contributed by atoms with E-state index in [4.69, 9.17) is 14.2 Å². The fraction of sp³-hybridized carbons (Fsp3) is 0.417. The maximum Gasteiger partial charge on any atom is 0.511 e. The molecule has 0 saturated carbocycles. The average Bonchev–Trinajstić information content (AvgIpc) is 2.29. The molecule has 0 unspecified atom stereocenters. The summed E-state index contributed by atoms with van der Waals surface area (Å²) in [6.07, 6.45) is 0.302. The van der Waals surface area contributed by atoms with Crippen molar-refractivity contribution in [2.45, 2.75) is 26.1 Å². The summed E-state index contributed by atoms with van der Waals surface area (Å²) in [6, 6.07) is 7.74. The van der Waals surface area contributed by atoms with Gasteiger partial charge in [0.1, 0.15) is 5.75 Å². The van der Waals surface area contributed by atoms with Gasteiger partial charge in [-0.15, -0.1) is 0 Å². The first kappa shape index (κ1) is 10.8. The number of hydrogen-bond donors (Lipinski definition) is 0. The fourth-order valence-electron chi connectivity index (χ4n) is 1.64. The molecule has 0 saturated heterocycles. The largest absolute Gasteiger partial charge is 0.511 e. The van der Waals surface area contributed by atoms with E-state index in [1.807, 2.05) is 24.3 Å². The number of carbonyl (C=O) groups excluding carboxylic acids is 1. The molecular weight excluding hydrogens is 208 g/mol. The standard InChI is InChI=1S/C12H14O4/c1-2-14-12(13)16-11-8-7-9-5-3-4-6-10(9)15-11/h3-6,11H,2,7-8H2,1H3/t11-/m1/s1. The number of hydrogen-bond acceptors (Lipinski definition) is 4. The van der Waals surface area contributed by atoms with Gasteiger partial charge in [-0.3, -0.25) is 0 Å². The van der Waals surface area contributed by atoms with Gasteiger partial charge in [-0.1, -0.05) is 18.2 Å². The lowest BCUT2D eigenvalue weighted by molar-refractivity contribution is -0.0725. The molecule has 4 heteroatoms. The van der Waals surface area contributed by atoms with Crippen molar-refractivity contribution in [2.24, 2.45) is 0 Å². The van der Waals surface area contributed by atoms with E-state index in [9.17, 15) is 4.79 Å². The van der Waals surface area contributed by atoms with Crippen molar-refractivity contribution in [3.63, 3.8) is 0 Å². The highest BCUT2D eigenvalue weighted by Gasteiger charge is 2.22. The Morgan fingerprint density at radius 1 is 1.50 bits per heavy atom. The summed E-state index contributed by atoms with van der Waals surface area (Å²) in [5.74, 6) is 0.781. The minimum atomic E-state index is -0.674. The number of para-hydroxylation sites is 1. The zero-order valence-electron chi connectivity index (χ0n) is 9.14. The first-order valence-electron chi connectivity index (χ1n) is 5.37. The molecule has 0 spiro atoms. The minimum absolute atomic E-state index is 0.308. The molecule has 0 fully saturated rings. The molecule has 86 valence electrons. The van der Waals surface area contributed by atoms with E-state index in [1.165, 1.54) is 0 Å². The second-order valence-corrected chi connectivity index (χ2v) is 3.49. The van der Waals surface area contributed by atoms with E-state index in [0.29, 0.717) is 13.0 Å². The number of aryl methyl sites for hydroxylation is 1. The lowest BCUT2D eigenvalue weighted by Gasteiger charge is -2.24. The van der Waals surface area contributed by atoms with Gasteiger partial charge < -0.3 is 14.2 Å². The molecule has 0 bridgehead atoms. The maximum atomic E-state index is 11.1. The molecule has 1 aromatic rings. The van der Waals surface area contributed by atoms with Gasteiger partial charge in [-0.05, 0) is 25.0 Å². The Labute approximate surface area is 94.1 Å². The quantitative estimate of drug-likeness (QED) is 0.721. The zero-order chi connectivity index (χ0) is 11.4. The van der Waals surface area contributed by atoms with Crippen LogP contribution in [0.4, 0.5) is 4.79 Å². The van der Waals surface area contributed by atoms with Crippen LogP contribution in [0.1, 0.15) is 18.9 Å². The zero-order valence-corrected chi connectivity index (χ0v) is 9.14. The van der Waals surface area contributed by atoms with Crippen LogP contribution in [0.15, 0.2) is 24.3 Å². The van der Waals surface area contributed by atoms with Gasteiger partial charge in [0.15, 0.2) is 0 Å². The Balaban J connectivity index is 1.95. The Morgan fingerprint density at radius 2 is 2.31 bits per heavy atom. The Hall–Kier alpha value is -1.71. The topological polar surface area (TPSA) is 44.8 Å². The molecule has 0 amide bonds. The van der Waals surface area contributed by atoms with E-state index in [-0.39, 0.29) is 0 Å². The molecule has 0 radical (unpaired) electrons.